The number of ether oxygens (including phenoxy) is 1. The maximum absolute atomic E-state index is 13.3. The van der Waals surface area contributed by atoms with E-state index < -0.39 is 12.0 Å². The summed E-state index contributed by atoms with van der Waals surface area (Å²) in [6.45, 7) is 10.9. The Labute approximate surface area is 222 Å². The second-order valence-corrected chi connectivity index (χ2v) is 9.86. The van der Waals surface area contributed by atoms with Crippen LogP contribution in [0.4, 0.5) is 9.59 Å². The Bertz CT molecular complexity index is 1020. The summed E-state index contributed by atoms with van der Waals surface area (Å²) in [5, 5.41) is 6.47. The molecule has 0 aromatic heterocycles. The van der Waals surface area contributed by atoms with Crippen LogP contribution in [0.3, 0.4) is 0 Å². The molecule has 2 aliphatic heterocycles. The summed E-state index contributed by atoms with van der Waals surface area (Å²) in [5.74, 6) is -0.514. The van der Waals surface area contributed by atoms with Gasteiger partial charge in [0.05, 0.1) is 28.3 Å². The van der Waals surface area contributed by atoms with Gasteiger partial charge in [0.15, 0.2) is 0 Å². The summed E-state index contributed by atoms with van der Waals surface area (Å²) >= 11 is 12.8. The third kappa shape index (κ3) is 6.44. The van der Waals surface area contributed by atoms with E-state index in [2.05, 4.69) is 15.5 Å². The van der Waals surface area contributed by atoms with Gasteiger partial charge in [0.2, 0.25) is 0 Å². The first-order valence-electron chi connectivity index (χ1n) is 12.4. The van der Waals surface area contributed by atoms with Crippen molar-refractivity contribution in [2.24, 2.45) is 0 Å². The number of nitrogens with one attached hydrogen (secondary N) is 2. The predicted molar refractivity (Wildman–Crippen MR) is 140 cm³/mol. The molecule has 1 aromatic carbocycles. The Kier molecular flexibility index (Phi) is 9.87. The van der Waals surface area contributed by atoms with Crippen molar-refractivity contribution in [3.8, 4) is 0 Å². The highest BCUT2D eigenvalue weighted by Gasteiger charge is 2.39. The van der Waals surface area contributed by atoms with Gasteiger partial charge < -0.3 is 20.3 Å². The lowest BCUT2D eigenvalue weighted by molar-refractivity contribution is -0.139. The van der Waals surface area contributed by atoms with Crippen molar-refractivity contribution in [3.63, 3.8) is 0 Å². The van der Waals surface area contributed by atoms with E-state index in [1.54, 1.807) is 34.9 Å². The van der Waals surface area contributed by atoms with Crippen LogP contribution in [0.2, 0.25) is 10.0 Å². The second kappa shape index (κ2) is 12.7. The number of halogens is 2. The predicted octanol–water partition coefficient (Wildman–Crippen LogP) is 4.02. The minimum absolute atomic E-state index is 0.0586. The summed E-state index contributed by atoms with van der Waals surface area (Å²) in [6, 6.07) is 3.98. The van der Waals surface area contributed by atoms with Gasteiger partial charge in [0.1, 0.15) is 0 Å². The minimum atomic E-state index is -0.805. The maximum atomic E-state index is 13.3. The summed E-state index contributed by atoms with van der Waals surface area (Å²) in [4.78, 5) is 44.5. The summed E-state index contributed by atoms with van der Waals surface area (Å²) in [5.41, 5.74) is 1.43. The van der Waals surface area contributed by atoms with E-state index in [1.165, 1.54) is 0 Å². The fraction of sp³-hybridized carbons (Fsp3) is 0.560. The molecule has 198 valence electrons. The van der Waals surface area contributed by atoms with E-state index in [-0.39, 0.29) is 29.7 Å². The smallest absolute Gasteiger partial charge is 0.338 e. The Morgan fingerprint density at radius 3 is 2.58 bits per heavy atom. The number of nitrogens with zero attached hydrogens (tertiary/aromatic N) is 3. The molecule has 3 rings (SSSR count). The number of esters is 1. The van der Waals surface area contributed by atoms with Crippen LogP contribution in [-0.4, -0.2) is 84.6 Å². The monoisotopic (exact) mass is 539 g/mol. The van der Waals surface area contributed by atoms with Crippen molar-refractivity contribution < 1.29 is 19.1 Å². The van der Waals surface area contributed by atoms with Gasteiger partial charge in [-0.15, -0.1) is 0 Å². The molecule has 4 amide bonds. The van der Waals surface area contributed by atoms with Gasteiger partial charge in [-0.2, -0.15) is 0 Å². The van der Waals surface area contributed by atoms with E-state index >= 15 is 0 Å². The van der Waals surface area contributed by atoms with Crippen LogP contribution in [0.1, 0.15) is 45.7 Å². The quantitative estimate of drug-likeness (QED) is 0.510. The first kappa shape index (κ1) is 28.1. The normalized spacial score (nSPS) is 19.3. The molecular formula is C25H35Cl2N5O4. The van der Waals surface area contributed by atoms with Crippen LogP contribution >= 0.6 is 23.2 Å². The third-order valence-corrected chi connectivity index (χ3v) is 7.04. The van der Waals surface area contributed by atoms with Gasteiger partial charge in [-0.3, -0.25) is 9.80 Å². The van der Waals surface area contributed by atoms with Crippen molar-refractivity contribution in [2.75, 3.05) is 45.9 Å². The fourth-order valence-corrected chi connectivity index (χ4v) is 4.93. The van der Waals surface area contributed by atoms with E-state index in [0.29, 0.717) is 61.1 Å². The number of urea groups is 2. The number of benzene rings is 1. The highest BCUT2D eigenvalue weighted by Crippen LogP contribution is 2.37. The Morgan fingerprint density at radius 1 is 1.17 bits per heavy atom. The van der Waals surface area contributed by atoms with Crippen molar-refractivity contribution in [1.82, 2.24) is 25.3 Å². The molecule has 36 heavy (non-hydrogen) atoms. The maximum Gasteiger partial charge on any atom is 0.338 e. The molecule has 0 saturated carbocycles. The molecule has 0 bridgehead atoms. The van der Waals surface area contributed by atoms with Crippen LogP contribution in [0.25, 0.3) is 0 Å². The Hall–Kier alpha value is -2.49. The van der Waals surface area contributed by atoms with Crippen LogP contribution in [0.15, 0.2) is 29.5 Å². The molecule has 1 aromatic rings. The second-order valence-electron chi connectivity index (χ2n) is 9.07. The highest BCUT2D eigenvalue weighted by molar-refractivity contribution is 6.42. The fourth-order valence-electron chi connectivity index (χ4n) is 4.52. The molecule has 2 N–H and O–H groups in total. The lowest BCUT2D eigenvalue weighted by atomic mass is 9.94. The number of carbonyl (C=O) groups excluding carboxylic acids is 3. The summed E-state index contributed by atoms with van der Waals surface area (Å²) < 4.78 is 5.43. The summed E-state index contributed by atoms with van der Waals surface area (Å²) in [6.07, 6.45) is 0.773. The number of rotatable bonds is 7. The third-order valence-electron chi connectivity index (χ3n) is 6.20. The van der Waals surface area contributed by atoms with Crippen LogP contribution in [0.5, 0.6) is 0 Å². The number of likely N-dealkylation sites (N-methyl/N-ethyl adjacent to an activating group) is 1. The average Bonchev–Trinajstić information content (AvgIpc) is 3.06. The molecule has 2 heterocycles. The molecule has 1 unspecified atom stereocenters. The summed E-state index contributed by atoms with van der Waals surface area (Å²) in [7, 11) is 0. The van der Waals surface area contributed by atoms with E-state index in [1.807, 2.05) is 20.8 Å². The van der Waals surface area contributed by atoms with Gasteiger partial charge in [0.25, 0.3) is 0 Å². The van der Waals surface area contributed by atoms with Crippen LogP contribution in [-0.2, 0) is 9.53 Å². The average molecular weight is 540 g/mol. The lowest BCUT2D eigenvalue weighted by Crippen LogP contribution is -2.51. The number of hydrogen-bond donors (Lipinski definition) is 2. The van der Waals surface area contributed by atoms with Crippen LogP contribution in [0, 0.1) is 0 Å². The van der Waals surface area contributed by atoms with E-state index in [9.17, 15) is 14.4 Å². The first-order valence-corrected chi connectivity index (χ1v) is 13.1. The standard InChI is InChI=1S/C25H35Cl2N5O4/c1-5-32-19(15-30-11-8-12-31(14-13-30)24(34)28-16(3)4)20(23(33)36-6-2)22(29-25(32)35)17-9-7-10-18(26)21(17)27/h7,9-10,16,22H,5-6,8,11-15H2,1-4H3,(H,28,34)(H,29,35). The van der Waals surface area contributed by atoms with Crippen LogP contribution < -0.4 is 10.6 Å². The molecule has 0 radical (unpaired) electrons. The number of carbonyl (C=O) groups is 3. The molecular weight excluding hydrogens is 505 g/mol. The van der Waals surface area contributed by atoms with E-state index in [0.717, 1.165) is 6.42 Å². The molecule has 9 nitrogen and oxygen atoms in total. The van der Waals surface area contributed by atoms with Gasteiger partial charge >= 0.3 is 18.0 Å². The molecule has 11 heteroatoms. The van der Waals surface area contributed by atoms with Gasteiger partial charge in [-0.05, 0) is 45.7 Å². The lowest BCUT2D eigenvalue weighted by Gasteiger charge is -2.38. The minimum Gasteiger partial charge on any atom is -0.463 e. The molecule has 0 aliphatic carbocycles. The molecule has 1 atom stereocenters. The first-order chi connectivity index (χ1) is 17.2. The zero-order valence-corrected chi connectivity index (χ0v) is 22.8. The van der Waals surface area contributed by atoms with Crippen molar-refractivity contribution in [3.05, 3.63) is 45.1 Å². The van der Waals surface area contributed by atoms with E-state index in [4.69, 9.17) is 27.9 Å². The molecule has 2 aliphatic rings. The van der Waals surface area contributed by atoms with Gasteiger partial charge in [-0.1, -0.05) is 35.3 Å². The largest absolute Gasteiger partial charge is 0.463 e. The zero-order chi connectivity index (χ0) is 26.4. The Balaban J connectivity index is 1.97. The SMILES string of the molecule is CCOC(=O)C1=C(CN2CCCN(C(=O)NC(C)C)CC2)N(CC)C(=O)NC1c1cccc(Cl)c1Cl. The number of hydrogen-bond acceptors (Lipinski definition) is 5. The molecule has 1 fully saturated rings. The van der Waals surface area contributed by atoms with Crippen molar-refractivity contribution in [1.29, 1.82) is 0 Å². The van der Waals surface area contributed by atoms with Gasteiger partial charge in [0, 0.05) is 51.0 Å². The van der Waals surface area contributed by atoms with Crippen molar-refractivity contribution in [2.45, 2.75) is 46.2 Å². The zero-order valence-electron chi connectivity index (χ0n) is 21.3. The van der Waals surface area contributed by atoms with Crippen molar-refractivity contribution >= 4 is 41.2 Å². The highest BCUT2D eigenvalue weighted by atomic mass is 35.5. The molecule has 1 saturated heterocycles. The molecule has 0 spiro atoms. The number of amides is 4. The Morgan fingerprint density at radius 2 is 1.92 bits per heavy atom. The topological polar surface area (TPSA) is 94.2 Å². The van der Waals surface area contributed by atoms with Gasteiger partial charge in [-0.25, -0.2) is 14.4 Å².